The summed E-state index contributed by atoms with van der Waals surface area (Å²) in [6, 6.07) is 138. The van der Waals surface area contributed by atoms with E-state index in [2.05, 4.69) is 196 Å². The molecule has 30 rings (SSSR count). The number of aromatic nitrogens is 12. The van der Waals surface area contributed by atoms with Crippen molar-refractivity contribution in [3.8, 4) is 86.2 Å². The fourth-order valence-electron chi connectivity index (χ4n) is 19.8. The zero-order valence-electron chi connectivity index (χ0n) is 71.4. The molecule has 0 spiro atoms. The van der Waals surface area contributed by atoms with Gasteiger partial charge in [-0.3, -0.25) is 13.7 Å². The van der Waals surface area contributed by atoms with Gasteiger partial charge in [-0.1, -0.05) is 297 Å². The summed E-state index contributed by atoms with van der Waals surface area (Å²) in [4.78, 5) is 45.3. The third kappa shape index (κ3) is 12.4. The Hall–Kier alpha value is -17.6. The Bertz CT molecular complexity index is 9930. The smallest absolute Gasteiger partial charge is 0.238 e. The first-order valence-electron chi connectivity index (χ1n) is 44.6. The van der Waals surface area contributed by atoms with Crippen LogP contribution in [-0.4, -0.2) is 58.6 Å². The summed E-state index contributed by atoms with van der Waals surface area (Å²) in [6.45, 7) is 0. The summed E-state index contributed by atoms with van der Waals surface area (Å²) >= 11 is 5.37. The number of para-hydroxylation sites is 6. The van der Waals surface area contributed by atoms with E-state index in [4.69, 9.17) is 58.1 Å². The molecule has 0 aliphatic carbocycles. The summed E-state index contributed by atoms with van der Waals surface area (Å²) < 4.78 is 32.7. The fraction of sp³-hybridized carbons (Fsp3) is 0. The van der Waals surface area contributed by atoms with E-state index < -0.39 is 0 Å². The first-order chi connectivity index (χ1) is 66.9. The van der Waals surface area contributed by atoms with Crippen LogP contribution in [0.2, 0.25) is 0 Å². The van der Waals surface area contributed by atoms with Crippen LogP contribution in [0.1, 0.15) is 0 Å². The second-order valence-electron chi connectivity index (χ2n) is 33.8. The number of thiophene rings is 3. The van der Waals surface area contributed by atoms with Crippen molar-refractivity contribution in [3.63, 3.8) is 0 Å². The molecule has 0 N–H and O–H groups in total. The minimum Gasteiger partial charge on any atom is -0.456 e. The molecule has 135 heavy (non-hydrogen) atoms. The highest BCUT2D eigenvalue weighted by Crippen LogP contribution is 2.50. The van der Waals surface area contributed by atoms with Crippen molar-refractivity contribution in [2.75, 3.05) is 0 Å². The molecule has 0 atom stereocenters. The normalized spacial score (nSPS) is 12.0. The van der Waals surface area contributed by atoms with E-state index in [-0.39, 0.29) is 0 Å². The number of hydrogen-bond donors (Lipinski definition) is 0. The topological polar surface area (TPSA) is 170 Å². The molecule has 12 aromatic heterocycles. The van der Waals surface area contributed by atoms with Gasteiger partial charge in [-0.15, -0.1) is 34.0 Å². The standard InChI is InChI=1S/3C39H22N4OS/c1-3-11-23(12-4-1)37-40-38(24-13-5-2-6-14-24)42-39(41-37)43-31-17-9-7-15-25(31)27-19-29-30-20-28-26-16-8-10-18-33(26)44-34(28)22-36(30)45-35(29)21-32(27)43;1-3-11-23(12-4-1)37-40-38(24-13-5-2-6-14-24)42-39(41-37)43-29-17-9-7-15-25(29)27-21-28-34(22-30(27)43)45-33-20-19-32-35(36(28)33)26-16-8-10-18-31(26)44-32;1-3-11-23(12-4-1)37-40-38(24-13-5-2-6-14-24)42-39(41-37)43-31-17-9-7-15-25(31)29-21-30-28-20-19-27-26-16-8-10-18-33(26)44-35(27)36(28)45-34(30)22-32(29)43/h3*1-22H. The average molecular weight is 1780 g/mol. The van der Waals surface area contributed by atoms with E-state index in [1.165, 1.54) is 65.9 Å². The number of hydrogen-bond acceptors (Lipinski definition) is 15. The highest BCUT2D eigenvalue weighted by Gasteiger charge is 2.27. The third-order valence-corrected chi connectivity index (χ3v) is 29.4. The Morgan fingerprint density at radius 2 is 0.481 bits per heavy atom. The van der Waals surface area contributed by atoms with Gasteiger partial charge in [0.05, 0.1) is 37.8 Å². The van der Waals surface area contributed by atoms with E-state index >= 15 is 0 Å². The first-order valence-corrected chi connectivity index (χ1v) is 47.1. The van der Waals surface area contributed by atoms with Crippen molar-refractivity contribution in [2.45, 2.75) is 0 Å². The van der Waals surface area contributed by atoms with Gasteiger partial charge in [0, 0.05) is 154 Å². The zero-order valence-corrected chi connectivity index (χ0v) is 73.9. The maximum absolute atomic E-state index is 6.43. The predicted octanol–water partition coefficient (Wildman–Crippen LogP) is 31.7. The van der Waals surface area contributed by atoms with Crippen LogP contribution in [0, 0.1) is 0 Å². The maximum Gasteiger partial charge on any atom is 0.238 e. The molecule has 18 aromatic carbocycles. The van der Waals surface area contributed by atoms with Gasteiger partial charge in [-0.05, 0) is 103 Å². The highest BCUT2D eigenvalue weighted by atomic mass is 32.1. The predicted molar refractivity (Wildman–Crippen MR) is 556 cm³/mol. The van der Waals surface area contributed by atoms with Gasteiger partial charge in [0.1, 0.15) is 27.9 Å². The number of benzene rings is 18. The van der Waals surface area contributed by atoms with Gasteiger partial charge in [-0.25, -0.2) is 15.0 Å². The van der Waals surface area contributed by atoms with Gasteiger partial charge >= 0.3 is 0 Å². The number of fused-ring (bicyclic) bond motifs is 29. The minimum atomic E-state index is 0.592. The molecule has 0 aliphatic heterocycles. The van der Waals surface area contributed by atoms with Crippen molar-refractivity contribution in [2.24, 2.45) is 0 Å². The van der Waals surface area contributed by atoms with Crippen molar-refractivity contribution in [3.05, 3.63) is 400 Å². The van der Waals surface area contributed by atoms with Crippen LogP contribution in [0.3, 0.4) is 0 Å². The van der Waals surface area contributed by atoms with Gasteiger partial charge in [-0.2, -0.15) is 29.9 Å². The molecule has 0 saturated carbocycles. The van der Waals surface area contributed by atoms with Crippen LogP contribution < -0.4 is 0 Å². The molecular formula is C117H66N12O3S3. The lowest BCUT2D eigenvalue weighted by Crippen LogP contribution is -2.06. The molecule has 0 radical (unpaired) electrons. The second-order valence-corrected chi connectivity index (χ2v) is 37.0. The van der Waals surface area contributed by atoms with Crippen LogP contribution in [0.5, 0.6) is 0 Å². The zero-order chi connectivity index (χ0) is 88.5. The van der Waals surface area contributed by atoms with Gasteiger partial charge < -0.3 is 13.3 Å². The molecule has 0 amide bonds. The Morgan fingerprint density at radius 1 is 0.170 bits per heavy atom. The molecule has 30 aromatic rings. The Balaban J connectivity index is 0.000000101. The van der Waals surface area contributed by atoms with E-state index in [1.807, 2.05) is 230 Å². The van der Waals surface area contributed by atoms with Crippen molar-refractivity contribution in [1.29, 1.82) is 0 Å². The summed E-state index contributed by atoms with van der Waals surface area (Å²) in [5, 5.41) is 21.2. The molecule has 630 valence electrons. The summed E-state index contributed by atoms with van der Waals surface area (Å²) in [5.74, 6) is 5.63. The minimum absolute atomic E-state index is 0.592. The van der Waals surface area contributed by atoms with E-state index in [1.54, 1.807) is 22.7 Å². The molecule has 0 saturated heterocycles. The van der Waals surface area contributed by atoms with Crippen LogP contribution in [0.4, 0.5) is 0 Å². The number of rotatable bonds is 9. The molecule has 12 heterocycles. The summed E-state index contributed by atoms with van der Waals surface area (Å²) in [7, 11) is 0. The highest BCUT2D eigenvalue weighted by molar-refractivity contribution is 7.27. The SMILES string of the molecule is c1ccc(-c2nc(-c3ccccc3)nc(-n3c4ccccc4c4cc5c(cc43)sc3c5ccc4c5ccccc5oc43)n2)cc1.c1ccc(-c2nc(-c3ccccc3)nc(-n3c4ccccc4c4cc5c(cc43)sc3cc4oc6ccccc6c4cc35)n2)cc1.c1ccc(-c2nc(-c3ccccc3)nc(-n3c4ccccc4c4cc5c(cc43)sc3ccc4oc6ccccc6c4c35)n2)cc1. The van der Waals surface area contributed by atoms with Crippen molar-refractivity contribution in [1.82, 2.24) is 58.6 Å². The van der Waals surface area contributed by atoms with Crippen LogP contribution >= 0.6 is 34.0 Å². The third-order valence-electron chi connectivity index (χ3n) is 26.0. The van der Waals surface area contributed by atoms with Gasteiger partial charge in [0.2, 0.25) is 17.8 Å². The first kappa shape index (κ1) is 76.3. The monoisotopic (exact) mass is 1780 g/mol. The molecule has 0 aliphatic rings. The second kappa shape index (κ2) is 30.5. The quantitative estimate of drug-likeness (QED) is 0.134. The van der Waals surface area contributed by atoms with Crippen molar-refractivity contribution < 1.29 is 13.3 Å². The molecule has 0 bridgehead atoms. The number of nitrogens with zero attached hydrogens (tertiary/aromatic N) is 12. The Kier molecular flexibility index (Phi) is 17.3. The number of furan rings is 3. The van der Waals surface area contributed by atoms with E-state index in [0.717, 1.165) is 159 Å². The van der Waals surface area contributed by atoms with Crippen LogP contribution in [0.15, 0.2) is 414 Å². The Labute approximate surface area is 778 Å². The molecule has 15 nitrogen and oxygen atoms in total. The van der Waals surface area contributed by atoms with Crippen LogP contribution in [0.25, 0.3) is 278 Å². The van der Waals surface area contributed by atoms with Gasteiger partial charge in [0.25, 0.3) is 0 Å². The fourth-order valence-corrected chi connectivity index (χ4v) is 23.3. The summed E-state index contributed by atoms with van der Waals surface area (Å²) in [6.07, 6.45) is 0. The lowest BCUT2D eigenvalue weighted by molar-refractivity contribution is 0.669. The lowest BCUT2D eigenvalue weighted by atomic mass is 10.0. The van der Waals surface area contributed by atoms with E-state index in [9.17, 15) is 0 Å². The largest absolute Gasteiger partial charge is 0.456 e. The van der Waals surface area contributed by atoms with Crippen molar-refractivity contribution >= 4 is 226 Å². The lowest BCUT2D eigenvalue weighted by Gasteiger charge is -2.11. The Morgan fingerprint density at radius 3 is 0.919 bits per heavy atom. The maximum atomic E-state index is 6.43. The summed E-state index contributed by atoms with van der Waals surface area (Å²) in [5.41, 5.74) is 17.6. The molecule has 0 unspecified atom stereocenters. The molecule has 0 fully saturated rings. The average Bonchev–Trinajstić information content (AvgIpc) is 1.56. The molecular weight excluding hydrogens is 1720 g/mol. The molecule has 18 heteroatoms. The van der Waals surface area contributed by atoms with Gasteiger partial charge in [0.15, 0.2) is 40.5 Å². The van der Waals surface area contributed by atoms with E-state index in [0.29, 0.717) is 52.8 Å². The van der Waals surface area contributed by atoms with Crippen LogP contribution in [-0.2, 0) is 0 Å².